The van der Waals surface area contributed by atoms with E-state index in [4.69, 9.17) is 9.47 Å². The second-order valence-corrected chi connectivity index (χ2v) is 5.21. The SMILES string of the molecule is COc1ccc(/C=N\NC(=O)COc2cccc(C)c2C)cc1O. The van der Waals surface area contributed by atoms with Crippen LogP contribution in [-0.4, -0.2) is 30.9 Å². The molecule has 0 aliphatic carbocycles. The van der Waals surface area contributed by atoms with Gasteiger partial charge >= 0.3 is 0 Å². The van der Waals surface area contributed by atoms with E-state index in [9.17, 15) is 9.90 Å². The summed E-state index contributed by atoms with van der Waals surface area (Å²) in [5, 5.41) is 13.5. The van der Waals surface area contributed by atoms with Crippen LogP contribution in [-0.2, 0) is 4.79 Å². The Balaban J connectivity index is 1.86. The highest BCUT2D eigenvalue weighted by molar-refractivity contribution is 5.83. The van der Waals surface area contributed by atoms with Gasteiger partial charge in [-0.25, -0.2) is 5.43 Å². The first-order chi connectivity index (χ1) is 11.5. The van der Waals surface area contributed by atoms with Gasteiger partial charge < -0.3 is 14.6 Å². The molecule has 1 amide bonds. The molecule has 2 aromatic rings. The van der Waals surface area contributed by atoms with Crippen LogP contribution in [0.3, 0.4) is 0 Å². The van der Waals surface area contributed by atoms with Crippen molar-refractivity contribution in [3.63, 3.8) is 0 Å². The summed E-state index contributed by atoms with van der Waals surface area (Å²) in [4.78, 5) is 11.8. The van der Waals surface area contributed by atoms with Crippen molar-refractivity contribution in [3.05, 3.63) is 53.1 Å². The third kappa shape index (κ3) is 4.49. The van der Waals surface area contributed by atoms with E-state index in [-0.39, 0.29) is 18.3 Å². The number of nitrogens with one attached hydrogen (secondary N) is 1. The van der Waals surface area contributed by atoms with Gasteiger partial charge in [0.15, 0.2) is 18.1 Å². The monoisotopic (exact) mass is 328 g/mol. The number of ether oxygens (including phenoxy) is 2. The van der Waals surface area contributed by atoms with Gasteiger partial charge in [0, 0.05) is 0 Å². The van der Waals surface area contributed by atoms with Crippen LogP contribution in [0, 0.1) is 13.8 Å². The van der Waals surface area contributed by atoms with E-state index in [1.54, 1.807) is 12.1 Å². The van der Waals surface area contributed by atoms with E-state index in [0.29, 0.717) is 17.1 Å². The van der Waals surface area contributed by atoms with E-state index in [1.807, 2.05) is 32.0 Å². The molecule has 0 unspecified atom stereocenters. The molecule has 6 heteroatoms. The fourth-order valence-electron chi connectivity index (χ4n) is 2.02. The van der Waals surface area contributed by atoms with E-state index in [2.05, 4.69) is 10.5 Å². The molecule has 126 valence electrons. The van der Waals surface area contributed by atoms with Crippen LogP contribution in [0.5, 0.6) is 17.2 Å². The van der Waals surface area contributed by atoms with Crippen LogP contribution < -0.4 is 14.9 Å². The quantitative estimate of drug-likeness (QED) is 0.631. The number of rotatable bonds is 6. The molecule has 0 spiro atoms. The number of hydrogen-bond donors (Lipinski definition) is 2. The lowest BCUT2D eigenvalue weighted by molar-refractivity contribution is -0.123. The molecule has 0 bridgehead atoms. The van der Waals surface area contributed by atoms with Gasteiger partial charge in [-0.3, -0.25) is 4.79 Å². The average molecular weight is 328 g/mol. The highest BCUT2D eigenvalue weighted by atomic mass is 16.5. The molecule has 0 radical (unpaired) electrons. The van der Waals surface area contributed by atoms with Crippen molar-refractivity contribution in [1.82, 2.24) is 5.43 Å². The van der Waals surface area contributed by atoms with Crippen LogP contribution in [0.2, 0.25) is 0 Å². The minimum absolute atomic E-state index is 0.00559. The number of aryl methyl sites for hydroxylation is 1. The molecule has 2 N–H and O–H groups in total. The van der Waals surface area contributed by atoms with E-state index < -0.39 is 0 Å². The maximum absolute atomic E-state index is 11.8. The first kappa shape index (κ1) is 17.3. The Bertz CT molecular complexity index is 757. The fourth-order valence-corrected chi connectivity index (χ4v) is 2.02. The summed E-state index contributed by atoms with van der Waals surface area (Å²) in [6, 6.07) is 10.5. The number of benzene rings is 2. The van der Waals surface area contributed by atoms with Crippen molar-refractivity contribution in [1.29, 1.82) is 0 Å². The molecule has 0 saturated heterocycles. The predicted octanol–water partition coefficient (Wildman–Crippen LogP) is 2.55. The lowest BCUT2D eigenvalue weighted by atomic mass is 10.1. The zero-order valence-corrected chi connectivity index (χ0v) is 13.9. The molecule has 2 rings (SSSR count). The molecule has 0 fully saturated rings. The second-order valence-electron chi connectivity index (χ2n) is 5.21. The highest BCUT2D eigenvalue weighted by Crippen LogP contribution is 2.25. The van der Waals surface area contributed by atoms with Crippen molar-refractivity contribution in [2.24, 2.45) is 5.10 Å². The van der Waals surface area contributed by atoms with Crippen molar-refractivity contribution in [2.45, 2.75) is 13.8 Å². The lowest BCUT2D eigenvalue weighted by Crippen LogP contribution is -2.24. The normalized spacial score (nSPS) is 10.6. The van der Waals surface area contributed by atoms with Crippen molar-refractivity contribution < 1.29 is 19.4 Å². The number of carbonyl (C=O) groups excluding carboxylic acids is 1. The number of amides is 1. The molecule has 0 aliphatic rings. The van der Waals surface area contributed by atoms with Crippen molar-refractivity contribution in [3.8, 4) is 17.2 Å². The molecule has 6 nitrogen and oxygen atoms in total. The maximum Gasteiger partial charge on any atom is 0.277 e. The number of carbonyl (C=O) groups is 1. The predicted molar refractivity (Wildman–Crippen MR) is 91.8 cm³/mol. The van der Waals surface area contributed by atoms with E-state index in [0.717, 1.165) is 11.1 Å². The van der Waals surface area contributed by atoms with Gasteiger partial charge in [-0.2, -0.15) is 5.10 Å². The van der Waals surface area contributed by atoms with Gasteiger partial charge in [-0.05, 0) is 54.8 Å². The van der Waals surface area contributed by atoms with Gasteiger partial charge in [-0.15, -0.1) is 0 Å². The zero-order valence-electron chi connectivity index (χ0n) is 13.9. The topological polar surface area (TPSA) is 80.2 Å². The lowest BCUT2D eigenvalue weighted by Gasteiger charge is -2.09. The van der Waals surface area contributed by atoms with Gasteiger partial charge in [0.2, 0.25) is 0 Å². The fraction of sp³-hybridized carbons (Fsp3) is 0.222. The Kier molecular flexibility index (Phi) is 5.78. The minimum atomic E-state index is -0.370. The molecule has 0 aromatic heterocycles. The number of methoxy groups -OCH3 is 1. The van der Waals surface area contributed by atoms with Crippen LogP contribution in [0.1, 0.15) is 16.7 Å². The number of phenols is 1. The van der Waals surface area contributed by atoms with Gasteiger partial charge in [-0.1, -0.05) is 12.1 Å². The maximum atomic E-state index is 11.8. The molecule has 0 atom stereocenters. The number of hydrogen-bond acceptors (Lipinski definition) is 5. The molecule has 24 heavy (non-hydrogen) atoms. The summed E-state index contributed by atoms with van der Waals surface area (Å²) in [6.45, 7) is 3.79. The summed E-state index contributed by atoms with van der Waals surface area (Å²) in [7, 11) is 1.47. The van der Waals surface area contributed by atoms with Gasteiger partial charge in [0.25, 0.3) is 5.91 Å². The molecule has 0 heterocycles. The average Bonchev–Trinajstić information content (AvgIpc) is 2.56. The summed E-state index contributed by atoms with van der Waals surface area (Å²) >= 11 is 0. The molecular formula is C18H20N2O4. The minimum Gasteiger partial charge on any atom is -0.504 e. The third-order valence-electron chi connectivity index (χ3n) is 3.52. The summed E-state index contributed by atoms with van der Waals surface area (Å²) in [5.41, 5.74) is 5.11. The number of hydrazone groups is 1. The smallest absolute Gasteiger partial charge is 0.277 e. The number of aromatic hydroxyl groups is 1. The standard InChI is InChI=1S/C18H20N2O4/c1-12-5-4-6-16(13(12)2)24-11-18(22)20-19-10-14-7-8-17(23-3)15(21)9-14/h4-10,21H,11H2,1-3H3,(H,20,22)/b19-10-. The van der Waals surface area contributed by atoms with Crippen molar-refractivity contribution >= 4 is 12.1 Å². The highest BCUT2D eigenvalue weighted by Gasteiger charge is 2.05. The third-order valence-corrected chi connectivity index (χ3v) is 3.52. The Morgan fingerprint density at radius 2 is 2.04 bits per heavy atom. The van der Waals surface area contributed by atoms with Gasteiger partial charge in [0.05, 0.1) is 13.3 Å². The second kappa shape index (κ2) is 8.01. The Hall–Kier alpha value is -3.02. The van der Waals surface area contributed by atoms with Crippen LogP contribution in [0.4, 0.5) is 0 Å². The summed E-state index contributed by atoms with van der Waals surface area (Å²) < 4.78 is 10.4. The first-order valence-corrected chi connectivity index (χ1v) is 7.39. The zero-order chi connectivity index (χ0) is 17.5. The summed E-state index contributed by atoms with van der Waals surface area (Å²) in [6.07, 6.45) is 1.43. The Labute approximate surface area is 140 Å². The molecule has 2 aromatic carbocycles. The molecule has 0 saturated carbocycles. The van der Waals surface area contributed by atoms with Crippen LogP contribution >= 0.6 is 0 Å². The van der Waals surface area contributed by atoms with E-state index >= 15 is 0 Å². The molecule has 0 aliphatic heterocycles. The Morgan fingerprint density at radius 1 is 1.25 bits per heavy atom. The van der Waals surface area contributed by atoms with Gasteiger partial charge in [0.1, 0.15) is 5.75 Å². The first-order valence-electron chi connectivity index (χ1n) is 7.39. The number of nitrogens with zero attached hydrogens (tertiary/aromatic N) is 1. The Morgan fingerprint density at radius 3 is 2.75 bits per heavy atom. The largest absolute Gasteiger partial charge is 0.504 e. The van der Waals surface area contributed by atoms with Crippen LogP contribution in [0.25, 0.3) is 0 Å². The van der Waals surface area contributed by atoms with Crippen molar-refractivity contribution in [2.75, 3.05) is 13.7 Å². The van der Waals surface area contributed by atoms with Crippen LogP contribution in [0.15, 0.2) is 41.5 Å². The molecular weight excluding hydrogens is 308 g/mol. The number of phenolic OH excluding ortho intramolecular Hbond substituents is 1. The van der Waals surface area contributed by atoms with E-state index in [1.165, 1.54) is 19.4 Å². The summed E-state index contributed by atoms with van der Waals surface area (Å²) in [5.74, 6) is 0.684.